The number of hydrogen-bond acceptors (Lipinski definition) is 2. The van der Waals surface area contributed by atoms with E-state index in [1.807, 2.05) is 45.9 Å². The number of likely N-dealkylation sites (N-methyl/N-ethyl adjacent to an activating group) is 1. The fourth-order valence-electron chi connectivity index (χ4n) is 1.88. The maximum absolute atomic E-state index is 11.6. The summed E-state index contributed by atoms with van der Waals surface area (Å²) in [6, 6.07) is 5.65. The van der Waals surface area contributed by atoms with Gasteiger partial charge >= 0.3 is 0 Å². The molecule has 0 aliphatic carbocycles. The Morgan fingerprint density at radius 1 is 1.12 bits per heavy atom. The summed E-state index contributed by atoms with van der Waals surface area (Å²) in [4.78, 5) is 24.7. The number of carbonyl (C=O) groups excluding carboxylic acids is 2. The van der Waals surface area contributed by atoms with E-state index in [4.69, 9.17) is 0 Å². The average molecular weight is 233 g/mol. The van der Waals surface area contributed by atoms with Crippen molar-refractivity contribution in [2.75, 3.05) is 11.4 Å². The molecule has 0 aromatic heterocycles. The molecule has 0 saturated heterocycles. The zero-order valence-corrected chi connectivity index (χ0v) is 10.9. The van der Waals surface area contributed by atoms with Gasteiger partial charge in [-0.2, -0.15) is 0 Å². The summed E-state index contributed by atoms with van der Waals surface area (Å²) < 4.78 is 0. The molecule has 0 radical (unpaired) electrons. The highest BCUT2D eigenvalue weighted by atomic mass is 16.2. The molecule has 17 heavy (non-hydrogen) atoms. The number of rotatable bonds is 2. The highest BCUT2D eigenvalue weighted by Gasteiger charge is 2.34. The van der Waals surface area contributed by atoms with Crippen LogP contribution in [0, 0.1) is 0 Å². The van der Waals surface area contributed by atoms with Gasteiger partial charge in [-0.15, -0.1) is 0 Å². The Kier molecular flexibility index (Phi) is 4.44. The second-order valence-corrected chi connectivity index (χ2v) is 3.58. The van der Waals surface area contributed by atoms with Crippen molar-refractivity contribution in [2.45, 2.75) is 34.1 Å². The molecule has 0 fully saturated rings. The van der Waals surface area contributed by atoms with Crippen LogP contribution < -0.4 is 4.90 Å². The first-order chi connectivity index (χ1) is 8.19. The van der Waals surface area contributed by atoms with Gasteiger partial charge in [0, 0.05) is 6.54 Å². The number of hydrogen-bond donors (Lipinski definition) is 0. The Morgan fingerprint density at radius 3 is 2.29 bits per heavy atom. The molecule has 0 spiro atoms. The molecule has 0 saturated carbocycles. The van der Waals surface area contributed by atoms with E-state index in [0.717, 1.165) is 17.7 Å². The van der Waals surface area contributed by atoms with E-state index in [9.17, 15) is 9.59 Å². The lowest BCUT2D eigenvalue weighted by atomic mass is 10.1. The second kappa shape index (κ2) is 5.62. The number of carbonyl (C=O) groups is 2. The first-order valence-electron chi connectivity index (χ1n) is 6.18. The van der Waals surface area contributed by atoms with Crippen LogP contribution in [0.3, 0.4) is 0 Å². The van der Waals surface area contributed by atoms with Crippen molar-refractivity contribution in [1.82, 2.24) is 0 Å². The molecule has 1 amide bonds. The first kappa shape index (κ1) is 13.4. The average Bonchev–Trinajstić information content (AvgIpc) is 2.63. The monoisotopic (exact) mass is 233 g/mol. The number of benzene rings is 1. The summed E-state index contributed by atoms with van der Waals surface area (Å²) in [7, 11) is 0. The molecule has 3 heteroatoms. The summed E-state index contributed by atoms with van der Waals surface area (Å²) in [5.74, 6) is -0.775. The van der Waals surface area contributed by atoms with Gasteiger partial charge in [-0.25, -0.2) is 0 Å². The van der Waals surface area contributed by atoms with E-state index in [0.29, 0.717) is 12.1 Å². The molecule has 2 rings (SSSR count). The van der Waals surface area contributed by atoms with E-state index in [1.165, 1.54) is 4.90 Å². The van der Waals surface area contributed by atoms with Gasteiger partial charge in [-0.3, -0.25) is 9.59 Å². The zero-order chi connectivity index (χ0) is 13.0. The van der Waals surface area contributed by atoms with Crippen LogP contribution in [0.15, 0.2) is 18.2 Å². The number of ketones is 1. The van der Waals surface area contributed by atoms with Crippen LogP contribution in [-0.2, 0) is 11.2 Å². The van der Waals surface area contributed by atoms with Crippen molar-refractivity contribution < 1.29 is 9.59 Å². The zero-order valence-electron chi connectivity index (χ0n) is 10.9. The summed E-state index contributed by atoms with van der Waals surface area (Å²) in [6.45, 7) is 8.44. The van der Waals surface area contributed by atoms with Crippen LogP contribution in [0.25, 0.3) is 0 Å². The Hall–Kier alpha value is -1.64. The summed E-state index contributed by atoms with van der Waals surface area (Å²) in [5.41, 5.74) is 2.40. The van der Waals surface area contributed by atoms with Crippen molar-refractivity contribution in [2.24, 2.45) is 0 Å². The van der Waals surface area contributed by atoms with Gasteiger partial charge in [0.15, 0.2) is 0 Å². The second-order valence-electron chi connectivity index (χ2n) is 3.58. The first-order valence-corrected chi connectivity index (χ1v) is 6.18. The lowest BCUT2D eigenvalue weighted by Crippen LogP contribution is -2.29. The molecular weight excluding hydrogens is 214 g/mol. The van der Waals surface area contributed by atoms with Crippen LogP contribution in [0.4, 0.5) is 5.69 Å². The predicted octanol–water partition coefficient (Wildman–Crippen LogP) is 2.82. The van der Waals surface area contributed by atoms with Crippen LogP contribution in [0.1, 0.15) is 43.6 Å². The van der Waals surface area contributed by atoms with Crippen molar-refractivity contribution in [3.8, 4) is 0 Å². The number of Topliss-reactive ketones (excluding diaryl/α,β-unsaturated/α-hetero) is 1. The fourth-order valence-corrected chi connectivity index (χ4v) is 1.88. The van der Waals surface area contributed by atoms with Gasteiger partial charge in [0.25, 0.3) is 11.7 Å². The van der Waals surface area contributed by atoms with Gasteiger partial charge in [-0.1, -0.05) is 26.8 Å². The third kappa shape index (κ3) is 2.23. The third-order valence-electron chi connectivity index (χ3n) is 2.76. The Balaban J connectivity index is 0.000000686. The van der Waals surface area contributed by atoms with Crippen LogP contribution >= 0.6 is 0 Å². The predicted molar refractivity (Wildman–Crippen MR) is 69.5 cm³/mol. The van der Waals surface area contributed by atoms with Gasteiger partial charge in [0.1, 0.15) is 0 Å². The normalized spacial score (nSPS) is 13.3. The van der Waals surface area contributed by atoms with Crippen LogP contribution in [0.2, 0.25) is 0 Å². The van der Waals surface area contributed by atoms with Gasteiger partial charge in [-0.05, 0) is 31.0 Å². The van der Waals surface area contributed by atoms with E-state index in [1.54, 1.807) is 0 Å². The maximum Gasteiger partial charge on any atom is 0.299 e. The molecule has 1 aliphatic rings. The Labute approximate surface area is 102 Å². The number of anilines is 1. The molecule has 92 valence electrons. The van der Waals surface area contributed by atoms with E-state index < -0.39 is 5.91 Å². The minimum atomic E-state index is -0.402. The molecule has 1 aromatic rings. The summed E-state index contributed by atoms with van der Waals surface area (Å²) in [6.07, 6.45) is 0.876. The highest BCUT2D eigenvalue weighted by Crippen LogP contribution is 2.29. The van der Waals surface area contributed by atoms with E-state index in [2.05, 4.69) is 0 Å². The Morgan fingerprint density at radius 2 is 1.76 bits per heavy atom. The molecule has 1 aliphatic heterocycles. The number of amides is 1. The minimum absolute atomic E-state index is 0.373. The number of fused-ring (bicyclic) bond motifs is 1. The highest BCUT2D eigenvalue weighted by molar-refractivity contribution is 6.52. The summed E-state index contributed by atoms with van der Waals surface area (Å²) >= 11 is 0. The summed E-state index contributed by atoms with van der Waals surface area (Å²) in [5, 5.41) is 0. The smallest absolute Gasteiger partial charge is 0.299 e. The quantitative estimate of drug-likeness (QED) is 0.737. The van der Waals surface area contributed by atoms with Gasteiger partial charge in [0.2, 0.25) is 0 Å². The molecule has 0 bridgehead atoms. The topological polar surface area (TPSA) is 37.4 Å². The van der Waals surface area contributed by atoms with Crippen LogP contribution in [-0.4, -0.2) is 18.2 Å². The molecule has 0 N–H and O–H groups in total. The lowest BCUT2D eigenvalue weighted by molar-refractivity contribution is -0.114. The van der Waals surface area contributed by atoms with E-state index >= 15 is 0 Å². The van der Waals surface area contributed by atoms with E-state index in [-0.39, 0.29) is 5.78 Å². The van der Waals surface area contributed by atoms with Gasteiger partial charge < -0.3 is 4.90 Å². The van der Waals surface area contributed by atoms with Crippen molar-refractivity contribution >= 4 is 17.4 Å². The maximum atomic E-state index is 11.6. The molecule has 3 nitrogen and oxygen atoms in total. The fraction of sp³-hybridized carbons (Fsp3) is 0.429. The molecule has 1 aromatic carbocycles. The van der Waals surface area contributed by atoms with Crippen LogP contribution in [0.5, 0.6) is 0 Å². The molecule has 1 heterocycles. The molecular formula is C14H19NO2. The van der Waals surface area contributed by atoms with Crippen molar-refractivity contribution in [3.63, 3.8) is 0 Å². The van der Waals surface area contributed by atoms with Crippen molar-refractivity contribution in [3.05, 3.63) is 29.3 Å². The number of aryl methyl sites for hydroxylation is 1. The van der Waals surface area contributed by atoms with Gasteiger partial charge in [0.05, 0.1) is 11.3 Å². The SMILES string of the molecule is CC.CCc1ccc2c(c1)C(=O)C(=O)N2CC. The molecule has 0 unspecified atom stereocenters. The van der Waals surface area contributed by atoms with Crippen molar-refractivity contribution in [1.29, 1.82) is 0 Å². The largest absolute Gasteiger partial charge is 0.305 e. The minimum Gasteiger partial charge on any atom is -0.305 e. The third-order valence-corrected chi connectivity index (χ3v) is 2.76. The molecule has 0 atom stereocenters. The standard InChI is InChI=1S/C12H13NO2.C2H6/c1-3-8-5-6-10-9(7-8)11(14)12(15)13(10)4-2;1-2/h5-7H,3-4H2,1-2H3;1-2H3. The Bertz CT molecular complexity index is 438. The lowest BCUT2D eigenvalue weighted by Gasteiger charge is -2.13. The number of nitrogens with zero attached hydrogens (tertiary/aromatic N) is 1.